The second-order valence-electron chi connectivity index (χ2n) is 5.88. The molecule has 0 radical (unpaired) electrons. The van der Waals surface area contributed by atoms with Gasteiger partial charge in [0.1, 0.15) is 5.60 Å². The minimum atomic E-state index is -0.800. The molecule has 0 heterocycles. The highest BCUT2D eigenvalue weighted by Gasteiger charge is 2.64. The number of carbonyl (C=O) groups excluding carboxylic acids is 2. The Bertz CT molecular complexity index is 332. The minimum Gasteiger partial charge on any atom is -0.444 e. The first-order chi connectivity index (χ1) is 7.86. The third-order valence-corrected chi connectivity index (χ3v) is 3.12. The molecule has 0 saturated heterocycles. The molecular formula is C12H19NO4. The van der Waals surface area contributed by atoms with E-state index >= 15 is 0 Å². The molecule has 0 aromatic rings. The zero-order valence-electron chi connectivity index (χ0n) is 10.5. The van der Waals surface area contributed by atoms with Crippen molar-refractivity contribution in [3.63, 3.8) is 0 Å². The molecule has 2 fully saturated rings. The average Bonchev–Trinajstić information content (AvgIpc) is 2.94. The van der Waals surface area contributed by atoms with Gasteiger partial charge in [0.2, 0.25) is 0 Å². The molecule has 1 amide bonds. The third-order valence-electron chi connectivity index (χ3n) is 3.12. The number of carbonyl (C=O) groups is 2. The lowest BCUT2D eigenvalue weighted by Gasteiger charge is -2.23. The maximum atomic E-state index is 11.6. The van der Waals surface area contributed by atoms with Crippen LogP contribution < -0.4 is 5.32 Å². The van der Waals surface area contributed by atoms with E-state index in [1.165, 1.54) is 0 Å². The molecule has 2 rings (SSSR count). The molecule has 0 bridgehead atoms. The quantitative estimate of drug-likeness (QED) is 0.602. The lowest BCUT2D eigenvalue weighted by atomic mass is 10.2. The Morgan fingerprint density at radius 3 is 2.53 bits per heavy atom. The van der Waals surface area contributed by atoms with Crippen LogP contribution in [-0.2, 0) is 14.3 Å². The standard InChI is InChI=1S/C12H19NO4/c1-11(2,3)17-10(15)13-12(16-7-14)6-9(12)8-4-5-8/h7-9H,4-6H2,1-3H3,(H,13,15)/t9-,12+/m0/s1. The first kappa shape index (κ1) is 12.2. The smallest absolute Gasteiger partial charge is 0.410 e. The van der Waals surface area contributed by atoms with Crippen LogP contribution in [0.25, 0.3) is 0 Å². The fourth-order valence-corrected chi connectivity index (χ4v) is 2.18. The van der Waals surface area contributed by atoms with Crippen LogP contribution in [0, 0.1) is 11.8 Å². The Morgan fingerprint density at radius 1 is 1.41 bits per heavy atom. The summed E-state index contributed by atoms with van der Waals surface area (Å²) in [6.07, 6.45) is 2.49. The van der Waals surface area contributed by atoms with Crippen LogP contribution in [0.15, 0.2) is 0 Å². The van der Waals surface area contributed by atoms with Crippen molar-refractivity contribution in [1.82, 2.24) is 5.32 Å². The zero-order chi connectivity index (χ0) is 12.7. The number of nitrogens with one attached hydrogen (secondary N) is 1. The summed E-state index contributed by atoms with van der Waals surface area (Å²) in [7, 11) is 0. The highest BCUT2D eigenvalue weighted by molar-refractivity contribution is 5.69. The number of alkyl carbamates (subject to hydrolysis) is 1. The first-order valence-electron chi connectivity index (χ1n) is 5.99. The fraction of sp³-hybridized carbons (Fsp3) is 0.833. The molecule has 2 saturated carbocycles. The monoisotopic (exact) mass is 241 g/mol. The molecular weight excluding hydrogens is 222 g/mol. The van der Waals surface area contributed by atoms with Crippen LogP contribution in [0.5, 0.6) is 0 Å². The molecule has 2 aliphatic rings. The van der Waals surface area contributed by atoms with Gasteiger partial charge in [0.05, 0.1) is 0 Å². The van der Waals surface area contributed by atoms with Crippen molar-refractivity contribution in [3.05, 3.63) is 0 Å². The van der Waals surface area contributed by atoms with E-state index in [0.29, 0.717) is 18.8 Å². The molecule has 0 unspecified atom stereocenters. The van der Waals surface area contributed by atoms with Gasteiger partial charge in [-0.1, -0.05) is 0 Å². The summed E-state index contributed by atoms with van der Waals surface area (Å²) in [5, 5.41) is 2.68. The van der Waals surface area contributed by atoms with Crippen molar-refractivity contribution in [3.8, 4) is 0 Å². The van der Waals surface area contributed by atoms with Gasteiger partial charge in [-0.3, -0.25) is 10.1 Å². The van der Waals surface area contributed by atoms with Gasteiger partial charge in [-0.15, -0.1) is 0 Å². The van der Waals surface area contributed by atoms with Crippen LogP contribution in [0.1, 0.15) is 40.0 Å². The first-order valence-corrected chi connectivity index (χ1v) is 5.99. The molecule has 0 aromatic carbocycles. The average molecular weight is 241 g/mol. The molecule has 0 aromatic heterocycles. The summed E-state index contributed by atoms with van der Waals surface area (Å²) in [6.45, 7) is 5.79. The number of amides is 1. The van der Waals surface area contributed by atoms with Gasteiger partial charge in [-0.05, 0) is 39.5 Å². The maximum Gasteiger partial charge on any atom is 0.410 e. The van der Waals surface area contributed by atoms with Gasteiger partial charge in [-0.2, -0.15) is 0 Å². The van der Waals surface area contributed by atoms with E-state index in [2.05, 4.69) is 5.32 Å². The van der Waals surface area contributed by atoms with E-state index in [4.69, 9.17) is 9.47 Å². The number of rotatable bonds is 4. The van der Waals surface area contributed by atoms with Crippen LogP contribution in [0.2, 0.25) is 0 Å². The predicted octanol–water partition coefficient (Wildman–Crippen LogP) is 1.81. The van der Waals surface area contributed by atoms with E-state index in [9.17, 15) is 9.59 Å². The molecule has 17 heavy (non-hydrogen) atoms. The zero-order valence-corrected chi connectivity index (χ0v) is 10.5. The fourth-order valence-electron chi connectivity index (χ4n) is 2.18. The van der Waals surface area contributed by atoms with Crippen molar-refractivity contribution in [2.75, 3.05) is 0 Å². The van der Waals surface area contributed by atoms with Crippen LogP contribution in [0.4, 0.5) is 4.79 Å². The van der Waals surface area contributed by atoms with Crippen molar-refractivity contribution < 1.29 is 19.1 Å². The summed E-state index contributed by atoms with van der Waals surface area (Å²) in [4.78, 5) is 22.1. The highest BCUT2D eigenvalue weighted by atomic mass is 16.6. The second-order valence-corrected chi connectivity index (χ2v) is 5.88. The van der Waals surface area contributed by atoms with Gasteiger partial charge in [0.15, 0.2) is 5.72 Å². The summed E-state index contributed by atoms with van der Waals surface area (Å²) >= 11 is 0. The van der Waals surface area contributed by atoms with Gasteiger partial charge >= 0.3 is 6.09 Å². The number of hydrogen-bond acceptors (Lipinski definition) is 4. The lowest BCUT2D eigenvalue weighted by Crippen LogP contribution is -2.43. The molecule has 96 valence electrons. The van der Waals surface area contributed by atoms with Crippen LogP contribution in [-0.4, -0.2) is 23.9 Å². The normalized spacial score (nSPS) is 31.6. The SMILES string of the molecule is CC(C)(C)OC(=O)N[C@@]1(OC=O)C[C@H]1C1CC1. The maximum absolute atomic E-state index is 11.6. The topological polar surface area (TPSA) is 64.6 Å². The molecule has 2 aliphatic carbocycles. The molecule has 1 N–H and O–H groups in total. The van der Waals surface area contributed by atoms with E-state index in [1.807, 2.05) is 0 Å². The van der Waals surface area contributed by atoms with Crippen molar-refractivity contribution in [2.45, 2.75) is 51.4 Å². The van der Waals surface area contributed by atoms with Crippen molar-refractivity contribution in [2.24, 2.45) is 11.8 Å². The van der Waals surface area contributed by atoms with Gasteiger partial charge < -0.3 is 9.47 Å². The van der Waals surface area contributed by atoms with Crippen molar-refractivity contribution in [1.29, 1.82) is 0 Å². The van der Waals surface area contributed by atoms with E-state index in [0.717, 1.165) is 12.8 Å². The summed E-state index contributed by atoms with van der Waals surface area (Å²) in [5.41, 5.74) is -1.35. The summed E-state index contributed by atoms with van der Waals surface area (Å²) in [6, 6.07) is 0. The Hall–Kier alpha value is -1.26. The molecule has 0 spiro atoms. The van der Waals surface area contributed by atoms with E-state index < -0.39 is 17.4 Å². The van der Waals surface area contributed by atoms with E-state index in [1.54, 1.807) is 20.8 Å². The molecule has 2 atom stereocenters. The van der Waals surface area contributed by atoms with Crippen molar-refractivity contribution >= 4 is 12.6 Å². The lowest BCUT2D eigenvalue weighted by molar-refractivity contribution is -0.138. The summed E-state index contributed by atoms with van der Waals surface area (Å²) < 4.78 is 10.2. The Morgan fingerprint density at radius 2 is 2.06 bits per heavy atom. The predicted molar refractivity (Wildman–Crippen MR) is 60.1 cm³/mol. The third kappa shape index (κ3) is 2.90. The summed E-state index contributed by atoms with van der Waals surface area (Å²) in [5.74, 6) is 0.852. The molecule has 5 heteroatoms. The van der Waals surface area contributed by atoms with Gasteiger partial charge in [0.25, 0.3) is 6.47 Å². The Kier molecular flexibility index (Phi) is 2.79. The molecule has 0 aliphatic heterocycles. The molecule has 5 nitrogen and oxygen atoms in total. The van der Waals surface area contributed by atoms with Crippen LogP contribution >= 0.6 is 0 Å². The van der Waals surface area contributed by atoms with Gasteiger partial charge in [-0.25, -0.2) is 4.79 Å². The minimum absolute atomic E-state index is 0.264. The largest absolute Gasteiger partial charge is 0.444 e. The highest BCUT2D eigenvalue weighted by Crippen LogP contribution is 2.57. The number of ether oxygens (including phenoxy) is 2. The van der Waals surface area contributed by atoms with E-state index in [-0.39, 0.29) is 5.92 Å². The second kappa shape index (κ2) is 3.89. The van der Waals surface area contributed by atoms with Gasteiger partial charge in [0, 0.05) is 12.3 Å². The number of hydrogen-bond donors (Lipinski definition) is 1. The Labute approximate surface area is 101 Å². The van der Waals surface area contributed by atoms with Crippen LogP contribution in [0.3, 0.4) is 0 Å². The Balaban J connectivity index is 1.90.